The van der Waals surface area contributed by atoms with Crippen LogP contribution >= 0.6 is 0 Å². The van der Waals surface area contributed by atoms with Gasteiger partial charge in [0.2, 0.25) is 15.0 Å². The van der Waals surface area contributed by atoms with Crippen LogP contribution in [0.3, 0.4) is 0 Å². The zero-order valence-corrected chi connectivity index (χ0v) is 13.0. The largest absolute Gasteiger partial charge is 0.421 e. The smallest absolute Gasteiger partial charge is 0.392 e. The van der Waals surface area contributed by atoms with Gasteiger partial charge in [-0.25, -0.2) is 18.4 Å². The van der Waals surface area contributed by atoms with Gasteiger partial charge in [-0.3, -0.25) is 0 Å². The van der Waals surface area contributed by atoms with Crippen LogP contribution < -0.4 is 5.32 Å². The molecule has 124 valence electrons. The van der Waals surface area contributed by atoms with Crippen LogP contribution in [0.5, 0.6) is 0 Å². The van der Waals surface area contributed by atoms with E-state index in [2.05, 4.69) is 15.3 Å². The molecule has 0 radical (unpaired) electrons. The number of halogens is 3. The molecule has 1 fully saturated rings. The number of rotatable bonds is 3. The molecular weight excluding hydrogens is 323 g/mol. The average Bonchev–Trinajstić information content (AvgIpc) is 2.36. The summed E-state index contributed by atoms with van der Waals surface area (Å²) in [5, 5.41) is 11.6. The summed E-state index contributed by atoms with van der Waals surface area (Å²) in [5.41, 5.74) is -1.78. The molecule has 22 heavy (non-hydrogen) atoms. The first-order valence-corrected chi connectivity index (χ1v) is 8.31. The second-order valence-corrected chi connectivity index (χ2v) is 7.86. The van der Waals surface area contributed by atoms with Gasteiger partial charge in [0.05, 0.1) is 6.10 Å². The average molecular weight is 339 g/mol. The maximum atomic E-state index is 13.0. The molecule has 0 aromatic carbocycles. The molecule has 2 unspecified atom stereocenters. The monoisotopic (exact) mass is 339 g/mol. The Kier molecular flexibility index (Phi) is 3.89. The molecule has 0 saturated heterocycles. The van der Waals surface area contributed by atoms with Gasteiger partial charge >= 0.3 is 6.18 Å². The third kappa shape index (κ3) is 3.02. The van der Waals surface area contributed by atoms with Gasteiger partial charge in [-0.2, -0.15) is 13.2 Å². The lowest BCUT2D eigenvalue weighted by Crippen LogP contribution is -2.57. The highest BCUT2D eigenvalue weighted by Crippen LogP contribution is 2.43. The van der Waals surface area contributed by atoms with Crippen molar-refractivity contribution in [3.05, 3.63) is 11.8 Å². The van der Waals surface area contributed by atoms with Crippen molar-refractivity contribution in [3.8, 4) is 0 Å². The molecule has 1 aromatic heterocycles. The summed E-state index contributed by atoms with van der Waals surface area (Å²) in [6.07, 6.45) is -3.84. The molecule has 1 heterocycles. The van der Waals surface area contributed by atoms with E-state index in [4.69, 9.17) is 0 Å². The van der Waals surface area contributed by atoms with Gasteiger partial charge in [0.25, 0.3) is 0 Å². The van der Waals surface area contributed by atoms with E-state index in [1.54, 1.807) is 13.8 Å². The van der Waals surface area contributed by atoms with Gasteiger partial charge in [0.1, 0.15) is 11.4 Å². The molecule has 10 heteroatoms. The Bertz CT molecular complexity index is 689. The summed E-state index contributed by atoms with van der Waals surface area (Å²) in [4.78, 5) is 6.78. The lowest BCUT2D eigenvalue weighted by molar-refractivity contribution is -0.137. The molecule has 1 aliphatic carbocycles. The van der Waals surface area contributed by atoms with Gasteiger partial charge in [-0.05, 0) is 6.42 Å². The summed E-state index contributed by atoms with van der Waals surface area (Å²) >= 11 is 0. The van der Waals surface area contributed by atoms with Crippen molar-refractivity contribution < 1.29 is 26.7 Å². The Balaban J connectivity index is 2.43. The Labute approximate surface area is 125 Å². The summed E-state index contributed by atoms with van der Waals surface area (Å²) in [6, 6.07) is -0.453. The summed E-state index contributed by atoms with van der Waals surface area (Å²) in [5.74, 6) is -0.590. The third-order valence-electron chi connectivity index (χ3n) is 3.93. The Morgan fingerprint density at radius 1 is 1.41 bits per heavy atom. The highest BCUT2D eigenvalue weighted by molar-refractivity contribution is 7.90. The normalized spacial score (nSPS) is 24.7. The molecule has 0 spiro atoms. The van der Waals surface area contributed by atoms with Crippen molar-refractivity contribution >= 4 is 15.7 Å². The molecule has 2 N–H and O–H groups in total. The lowest BCUT2D eigenvalue weighted by atomic mass is 9.64. The fraction of sp³-hybridized carbons (Fsp3) is 0.667. The van der Waals surface area contributed by atoms with Gasteiger partial charge in [0, 0.05) is 23.9 Å². The first-order valence-electron chi connectivity index (χ1n) is 6.42. The topological polar surface area (TPSA) is 92.2 Å². The zero-order chi connectivity index (χ0) is 16.9. The number of aliphatic hydroxyl groups excluding tert-OH is 1. The summed E-state index contributed by atoms with van der Waals surface area (Å²) in [6.45, 7) is 3.40. The second kappa shape index (κ2) is 5.05. The molecule has 0 bridgehead atoms. The predicted molar refractivity (Wildman–Crippen MR) is 72.0 cm³/mol. The molecule has 1 aliphatic rings. The number of alkyl halides is 3. The Hall–Kier alpha value is -1.42. The van der Waals surface area contributed by atoms with Gasteiger partial charge < -0.3 is 10.4 Å². The van der Waals surface area contributed by atoms with Gasteiger partial charge in [0.15, 0.2) is 0 Å². The Morgan fingerprint density at radius 2 is 2.00 bits per heavy atom. The minimum absolute atomic E-state index is 0.252. The fourth-order valence-corrected chi connectivity index (χ4v) is 2.68. The Morgan fingerprint density at radius 3 is 2.41 bits per heavy atom. The molecule has 0 aliphatic heterocycles. The molecule has 1 saturated carbocycles. The molecular formula is C12H16F3N3O3S. The van der Waals surface area contributed by atoms with E-state index in [1.165, 1.54) is 0 Å². The minimum Gasteiger partial charge on any atom is -0.392 e. The maximum absolute atomic E-state index is 13.0. The zero-order valence-electron chi connectivity index (χ0n) is 12.1. The van der Waals surface area contributed by atoms with E-state index in [-0.39, 0.29) is 6.42 Å². The van der Waals surface area contributed by atoms with E-state index >= 15 is 0 Å². The van der Waals surface area contributed by atoms with E-state index < -0.39 is 50.1 Å². The number of nitrogens with one attached hydrogen (secondary N) is 1. The van der Waals surface area contributed by atoms with Crippen LogP contribution in [0.4, 0.5) is 19.0 Å². The molecule has 6 nitrogen and oxygen atoms in total. The van der Waals surface area contributed by atoms with Crippen LogP contribution in [0.2, 0.25) is 0 Å². The van der Waals surface area contributed by atoms with Crippen LogP contribution in [0, 0.1) is 5.41 Å². The highest BCUT2D eigenvalue weighted by Gasteiger charge is 2.48. The number of anilines is 1. The van der Waals surface area contributed by atoms with E-state index in [0.717, 1.165) is 6.26 Å². The molecule has 1 aromatic rings. The van der Waals surface area contributed by atoms with Crippen LogP contribution in [0.25, 0.3) is 0 Å². The van der Waals surface area contributed by atoms with Crippen molar-refractivity contribution in [2.75, 3.05) is 11.6 Å². The molecule has 2 rings (SSSR count). The van der Waals surface area contributed by atoms with Crippen LogP contribution in [-0.2, 0) is 16.0 Å². The minimum atomic E-state index is -4.72. The first kappa shape index (κ1) is 16.9. The molecule has 2 atom stereocenters. The number of hydrogen-bond donors (Lipinski definition) is 2. The second-order valence-electron chi connectivity index (χ2n) is 5.95. The third-order valence-corrected chi connectivity index (χ3v) is 4.79. The van der Waals surface area contributed by atoms with Crippen molar-refractivity contribution in [2.45, 2.75) is 43.7 Å². The SMILES string of the molecule is CC1(C)C(O)CC1Nc1nc(S(C)(=O)=O)ncc1C(F)(F)F. The van der Waals surface area contributed by atoms with E-state index in [1.807, 2.05) is 0 Å². The van der Waals surface area contributed by atoms with Crippen molar-refractivity contribution in [1.82, 2.24) is 9.97 Å². The van der Waals surface area contributed by atoms with Gasteiger partial charge in [-0.15, -0.1) is 0 Å². The quantitative estimate of drug-likeness (QED) is 0.810. The predicted octanol–water partition coefficient (Wildman–Crippen LogP) is 1.47. The number of aromatic nitrogens is 2. The van der Waals surface area contributed by atoms with Crippen LogP contribution in [0.1, 0.15) is 25.8 Å². The fourth-order valence-electron chi connectivity index (χ4n) is 2.17. The summed E-state index contributed by atoms with van der Waals surface area (Å²) in [7, 11) is -3.83. The number of nitrogens with zero attached hydrogens (tertiary/aromatic N) is 2. The van der Waals surface area contributed by atoms with E-state index in [0.29, 0.717) is 6.20 Å². The number of hydrogen-bond acceptors (Lipinski definition) is 6. The van der Waals surface area contributed by atoms with Crippen LogP contribution in [-0.4, -0.2) is 41.9 Å². The number of sulfone groups is 1. The van der Waals surface area contributed by atoms with Crippen molar-refractivity contribution in [2.24, 2.45) is 5.41 Å². The maximum Gasteiger partial charge on any atom is 0.421 e. The molecule has 0 amide bonds. The lowest BCUT2D eigenvalue weighted by Gasteiger charge is -2.49. The standard InChI is InChI=1S/C12H16F3N3O3S/c1-11(2)7(4-8(11)19)17-9-6(12(13,14)15)5-16-10(18-9)22(3,20)21/h5,7-8,19H,4H2,1-3H3,(H,16,17,18). The van der Waals surface area contributed by atoms with Crippen molar-refractivity contribution in [3.63, 3.8) is 0 Å². The number of aliphatic hydroxyl groups is 1. The highest BCUT2D eigenvalue weighted by atomic mass is 32.2. The van der Waals surface area contributed by atoms with Crippen LogP contribution in [0.15, 0.2) is 11.4 Å². The first-order chi connectivity index (χ1) is 9.83. The van der Waals surface area contributed by atoms with Gasteiger partial charge in [-0.1, -0.05) is 13.8 Å². The summed E-state index contributed by atoms with van der Waals surface area (Å²) < 4.78 is 61.8. The van der Waals surface area contributed by atoms with Crippen molar-refractivity contribution in [1.29, 1.82) is 0 Å². The van der Waals surface area contributed by atoms with E-state index in [9.17, 15) is 26.7 Å².